The predicted octanol–water partition coefficient (Wildman–Crippen LogP) is 2.72. The molecular formula is C4HClF6N+. The highest BCUT2D eigenvalue weighted by molar-refractivity contribution is 6.27. The lowest BCUT2D eigenvalue weighted by Crippen LogP contribution is -2.50. The fourth-order valence-corrected chi connectivity index (χ4v) is 0.287. The zero-order chi connectivity index (χ0) is 10.2. The zero-order valence-electron chi connectivity index (χ0n) is 6.09. The van der Waals surface area contributed by atoms with Crippen LogP contribution in [-0.2, 0) is 0 Å². The second-order valence-corrected chi connectivity index (χ2v) is 2.33. The van der Waals surface area contributed by atoms with Gasteiger partial charge in [0.15, 0.2) is 0 Å². The number of halogens is 7. The van der Waals surface area contributed by atoms with Crippen LogP contribution in [0.4, 0.5) is 26.3 Å². The summed E-state index contributed by atoms with van der Waals surface area (Å²) in [6.45, 7) is 0. The van der Waals surface area contributed by atoms with Crippen LogP contribution >= 0.6 is 11.6 Å². The minimum absolute atomic E-state index is 0. The number of rotatable bonds is 0. The second-order valence-electron chi connectivity index (χ2n) is 1.77. The van der Waals surface area contributed by atoms with E-state index in [9.17, 15) is 26.3 Å². The van der Waals surface area contributed by atoms with E-state index in [2.05, 4.69) is 11.6 Å². The van der Waals surface area contributed by atoms with E-state index in [0.717, 1.165) is 0 Å². The first-order chi connectivity index (χ1) is 5.06. The molecular weight excluding hydrogens is 211 g/mol. The summed E-state index contributed by atoms with van der Waals surface area (Å²) in [4.78, 5) is -4.81. The standard InChI is InChI=1S/C4ClF6N/c5-2(1-12,3(6,7)8)4(9,10)11/p+1. The molecule has 0 aliphatic carbocycles. The van der Waals surface area contributed by atoms with E-state index in [4.69, 9.17) is 5.26 Å². The number of alkyl halides is 7. The van der Waals surface area contributed by atoms with Crippen LogP contribution < -0.4 is 0 Å². The zero-order valence-corrected chi connectivity index (χ0v) is 5.85. The number of hydrogen-bond donors (Lipinski definition) is 0. The summed E-state index contributed by atoms with van der Waals surface area (Å²) in [7, 11) is 0. The van der Waals surface area contributed by atoms with Gasteiger partial charge in [0, 0.05) is 0 Å². The molecule has 0 saturated carbocycles. The summed E-state index contributed by atoms with van der Waals surface area (Å²) >= 11 is 4.06. The van der Waals surface area contributed by atoms with Crippen LogP contribution in [0.5, 0.6) is 0 Å². The molecule has 0 spiro atoms. The Labute approximate surface area is 69.0 Å². The molecule has 70 valence electrons. The Morgan fingerprint density at radius 1 is 1.00 bits per heavy atom. The molecule has 0 fully saturated rings. The van der Waals surface area contributed by atoms with Crippen molar-refractivity contribution >= 4 is 11.6 Å². The Bertz CT molecular complexity index is 200. The maximum atomic E-state index is 11.5. The van der Waals surface area contributed by atoms with E-state index in [-0.39, 0.29) is 7.50 Å². The highest BCUT2D eigenvalue weighted by Gasteiger charge is 2.71. The van der Waals surface area contributed by atoms with Gasteiger partial charge in [-0.05, 0) is 0 Å². The number of hydrogen-bond acceptors (Lipinski definition) is 1. The highest BCUT2D eigenvalue weighted by atomic mass is 35.5. The molecule has 0 aliphatic heterocycles. The smallest absolute Gasteiger partial charge is 0.196 e. The van der Waals surface area contributed by atoms with Crippen LogP contribution in [0.2, 0.25) is 0 Å². The summed E-state index contributed by atoms with van der Waals surface area (Å²) in [6.07, 6.45) is -11.7. The first-order valence-corrected chi connectivity index (χ1v) is 2.67. The van der Waals surface area contributed by atoms with E-state index in [0.29, 0.717) is 0 Å². The molecule has 12 heavy (non-hydrogen) atoms. The largest absolute Gasteiger partial charge is 1.00 e. The summed E-state index contributed by atoms with van der Waals surface area (Å²) in [6, 6.07) is -0.0262. The molecule has 0 atom stereocenters. The Morgan fingerprint density at radius 2 is 1.25 bits per heavy atom. The number of nitrogens with zero attached hydrogens (tertiary/aromatic N) is 1. The van der Waals surface area contributed by atoms with Gasteiger partial charge in [0.1, 0.15) is 6.07 Å². The summed E-state index contributed by atoms with van der Waals surface area (Å²) in [5, 5.41) is 7.63. The van der Waals surface area contributed by atoms with E-state index >= 15 is 0 Å². The third-order valence-electron chi connectivity index (χ3n) is 0.935. The molecule has 0 unspecified atom stereocenters. The molecule has 0 aromatic heterocycles. The SMILES string of the molecule is N#CC(Cl)(C(F)(F)F)C(F)(F)F.[H+]. The molecule has 1 nitrogen and oxygen atoms in total. The van der Waals surface area contributed by atoms with Crippen LogP contribution in [0, 0.1) is 11.3 Å². The quantitative estimate of drug-likeness (QED) is 0.447. The molecule has 0 radical (unpaired) electrons. The molecule has 0 saturated heterocycles. The third-order valence-corrected chi connectivity index (χ3v) is 1.45. The minimum Gasteiger partial charge on any atom is -0.196 e. The molecule has 0 heterocycles. The van der Waals surface area contributed by atoms with Crippen molar-refractivity contribution in [3.8, 4) is 6.07 Å². The van der Waals surface area contributed by atoms with Gasteiger partial charge in [0.25, 0.3) is 0 Å². The lowest BCUT2D eigenvalue weighted by molar-refractivity contribution is -0.250. The molecule has 0 aromatic rings. The van der Waals surface area contributed by atoms with Gasteiger partial charge in [-0.1, -0.05) is 11.6 Å². The van der Waals surface area contributed by atoms with Crippen LogP contribution in [-0.4, -0.2) is 17.2 Å². The van der Waals surface area contributed by atoms with Gasteiger partial charge in [0.05, 0.1) is 0 Å². The molecule has 0 rings (SSSR count). The van der Waals surface area contributed by atoms with E-state index < -0.39 is 17.2 Å². The molecule has 8 heteroatoms. The Kier molecular flexibility index (Phi) is 2.55. The van der Waals surface area contributed by atoms with Crippen LogP contribution in [0.1, 0.15) is 1.43 Å². The first kappa shape index (κ1) is 11.4. The topological polar surface area (TPSA) is 23.8 Å². The van der Waals surface area contributed by atoms with Gasteiger partial charge in [-0.2, -0.15) is 31.6 Å². The molecule has 0 amide bonds. The Morgan fingerprint density at radius 3 is 1.25 bits per heavy atom. The van der Waals surface area contributed by atoms with Crippen molar-refractivity contribution in [2.24, 2.45) is 0 Å². The van der Waals surface area contributed by atoms with Crippen molar-refractivity contribution < 1.29 is 27.8 Å². The minimum atomic E-state index is -5.83. The molecule has 0 bridgehead atoms. The average Bonchev–Trinajstić information content (AvgIpc) is 1.81. The lowest BCUT2D eigenvalue weighted by atomic mass is 10.1. The summed E-state index contributed by atoms with van der Waals surface area (Å²) in [5.74, 6) is 0. The maximum Gasteiger partial charge on any atom is 1.00 e. The van der Waals surface area contributed by atoms with Gasteiger partial charge in [-0.3, -0.25) is 0 Å². The van der Waals surface area contributed by atoms with Crippen molar-refractivity contribution in [2.45, 2.75) is 17.2 Å². The Hall–Kier alpha value is -0.640. The average molecular weight is 212 g/mol. The fourth-order valence-electron chi connectivity index (χ4n) is 0.287. The van der Waals surface area contributed by atoms with Gasteiger partial charge < -0.3 is 0 Å². The van der Waals surface area contributed by atoms with Crippen molar-refractivity contribution in [2.75, 3.05) is 0 Å². The van der Waals surface area contributed by atoms with Crippen molar-refractivity contribution in [3.05, 3.63) is 0 Å². The van der Waals surface area contributed by atoms with Gasteiger partial charge in [-0.15, -0.1) is 0 Å². The predicted molar refractivity (Wildman–Crippen MR) is 27.4 cm³/mol. The van der Waals surface area contributed by atoms with E-state index in [1.165, 1.54) is 0 Å². The third kappa shape index (κ3) is 1.58. The van der Waals surface area contributed by atoms with E-state index in [1.807, 2.05) is 0 Å². The normalized spacial score (nSPS) is 14.2. The van der Waals surface area contributed by atoms with Gasteiger partial charge >= 0.3 is 18.7 Å². The monoisotopic (exact) mass is 212 g/mol. The van der Waals surface area contributed by atoms with Crippen LogP contribution in [0.25, 0.3) is 0 Å². The molecule has 0 N–H and O–H groups in total. The highest BCUT2D eigenvalue weighted by Crippen LogP contribution is 2.47. The van der Waals surface area contributed by atoms with Crippen LogP contribution in [0.3, 0.4) is 0 Å². The molecule has 0 aromatic carbocycles. The summed E-state index contributed by atoms with van der Waals surface area (Å²) < 4.78 is 69.2. The Balaban J connectivity index is 0. The van der Waals surface area contributed by atoms with Gasteiger partial charge in [-0.25, -0.2) is 0 Å². The van der Waals surface area contributed by atoms with Crippen molar-refractivity contribution in [3.63, 3.8) is 0 Å². The van der Waals surface area contributed by atoms with Crippen LogP contribution in [0.15, 0.2) is 0 Å². The van der Waals surface area contributed by atoms with Gasteiger partial charge in [0.2, 0.25) is 0 Å². The summed E-state index contributed by atoms with van der Waals surface area (Å²) in [5.41, 5.74) is 0. The lowest BCUT2D eigenvalue weighted by Gasteiger charge is -2.24. The fraction of sp³-hybridized carbons (Fsp3) is 0.750. The van der Waals surface area contributed by atoms with Crippen molar-refractivity contribution in [1.29, 1.82) is 5.26 Å². The maximum absolute atomic E-state index is 11.5. The van der Waals surface area contributed by atoms with Crippen molar-refractivity contribution in [1.82, 2.24) is 0 Å². The second kappa shape index (κ2) is 2.69. The molecule has 0 aliphatic rings. The number of nitriles is 1. The first-order valence-electron chi connectivity index (χ1n) is 2.30. The van der Waals surface area contributed by atoms with E-state index in [1.54, 1.807) is 0 Å².